The van der Waals surface area contributed by atoms with E-state index in [2.05, 4.69) is 67.7 Å². The van der Waals surface area contributed by atoms with Crippen LogP contribution in [0.4, 0.5) is 5.69 Å². The number of rotatable bonds is 4. The first kappa shape index (κ1) is 12.3. The van der Waals surface area contributed by atoms with Crippen LogP contribution in [0.1, 0.15) is 35.6 Å². The predicted molar refractivity (Wildman–Crippen MR) is 81.4 cm³/mol. The van der Waals surface area contributed by atoms with Gasteiger partial charge < -0.3 is 5.32 Å². The van der Waals surface area contributed by atoms with E-state index < -0.39 is 0 Å². The molecule has 0 spiro atoms. The van der Waals surface area contributed by atoms with E-state index in [-0.39, 0.29) is 0 Å². The largest absolute Gasteiger partial charge is 0.378 e. The van der Waals surface area contributed by atoms with Crippen molar-refractivity contribution in [2.75, 3.05) is 5.32 Å². The number of hydrogen-bond acceptors (Lipinski definition) is 1. The van der Waals surface area contributed by atoms with Gasteiger partial charge in [-0.05, 0) is 55.9 Å². The number of hydrogen-bond donors (Lipinski definition) is 1. The molecule has 0 heterocycles. The van der Waals surface area contributed by atoms with Gasteiger partial charge in [-0.15, -0.1) is 0 Å². The predicted octanol–water partition coefficient (Wildman–Crippen LogP) is 4.87. The van der Waals surface area contributed by atoms with Crippen molar-refractivity contribution < 1.29 is 0 Å². The van der Waals surface area contributed by atoms with Gasteiger partial charge in [-0.1, -0.05) is 42.0 Å². The van der Waals surface area contributed by atoms with Gasteiger partial charge in [0.2, 0.25) is 0 Å². The fraction of sp³-hybridized carbons (Fsp3) is 0.333. The summed E-state index contributed by atoms with van der Waals surface area (Å²) in [6.45, 7) is 4.28. The van der Waals surface area contributed by atoms with Crippen molar-refractivity contribution in [3.8, 4) is 0 Å². The zero-order valence-corrected chi connectivity index (χ0v) is 11.7. The molecule has 19 heavy (non-hydrogen) atoms. The second-order valence-corrected chi connectivity index (χ2v) is 5.74. The van der Waals surface area contributed by atoms with Crippen molar-refractivity contribution in [1.29, 1.82) is 0 Å². The molecule has 2 aromatic carbocycles. The Bertz CT molecular complexity index is 552. The molecule has 0 radical (unpaired) electrons. The summed E-state index contributed by atoms with van der Waals surface area (Å²) in [5.41, 5.74) is 5.28. The van der Waals surface area contributed by atoms with E-state index in [4.69, 9.17) is 0 Å². The molecule has 1 N–H and O–H groups in total. The summed E-state index contributed by atoms with van der Waals surface area (Å²) < 4.78 is 0. The molecule has 1 atom stereocenters. The summed E-state index contributed by atoms with van der Waals surface area (Å²) in [5, 5.41) is 3.72. The Morgan fingerprint density at radius 1 is 0.947 bits per heavy atom. The molecule has 1 aliphatic rings. The second-order valence-electron chi connectivity index (χ2n) is 5.74. The second kappa shape index (κ2) is 5.08. The van der Waals surface area contributed by atoms with Gasteiger partial charge in [0, 0.05) is 5.69 Å². The summed E-state index contributed by atoms with van der Waals surface area (Å²) in [6.07, 6.45) is 2.69. The van der Waals surface area contributed by atoms with Crippen LogP contribution in [0.25, 0.3) is 0 Å². The molecule has 2 aromatic rings. The molecule has 0 aromatic heterocycles. The molecule has 0 aliphatic heterocycles. The summed E-state index contributed by atoms with van der Waals surface area (Å²) in [7, 11) is 0. The van der Waals surface area contributed by atoms with Crippen molar-refractivity contribution >= 4 is 5.69 Å². The monoisotopic (exact) mass is 251 g/mol. The summed E-state index contributed by atoms with van der Waals surface area (Å²) in [6, 6.07) is 18.1. The van der Waals surface area contributed by atoms with Crippen LogP contribution < -0.4 is 5.32 Å². The standard InChI is InChI=1S/C18H21N/c1-13-6-8-15(9-7-13)18(16-10-11-16)19-17-5-3-4-14(2)12-17/h3-9,12,16,18-19H,10-11H2,1-2H3. The molecule has 1 aliphatic carbocycles. The molecule has 1 fully saturated rings. The lowest BCUT2D eigenvalue weighted by molar-refractivity contribution is 0.679. The number of anilines is 1. The van der Waals surface area contributed by atoms with E-state index in [0.29, 0.717) is 6.04 Å². The van der Waals surface area contributed by atoms with Crippen molar-refractivity contribution in [2.45, 2.75) is 32.7 Å². The normalized spacial score (nSPS) is 16.1. The Balaban J connectivity index is 1.83. The Kier molecular flexibility index (Phi) is 3.29. The third kappa shape index (κ3) is 2.98. The minimum absolute atomic E-state index is 0.461. The first-order chi connectivity index (χ1) is 9.22. The van der Waals surface area contributed by atoms with Gasteiger partial charge in [0.25, 0.3) is 0 Å². The van der Waals surface area contributed by atoms with E-state index in [0.717, 1.165) is 5.92 Å². The van der Waals surface area contributed by atoms with Gasteiger partial charge in [-0.2, -0.15) is 0 Å². The molecule has 1 nitrogen and oxygen atoms in total. The molecule has 3 rings (SSSR count). The van der Waals surface area contributed by atoms with E-state index in [1.807, 2.05) is 0 Å². The van der Waals surface area contributed by atoms with E-state index in [1.54, 1.807) is 0 Å². The van der Waals surface area contributed by atoms with Gasteiger partial charge in [0.05, 0.1) is 6.04 Å². The van der Waals surface area contributed by atoms with E-state index >= 15 is 0 Å². The fourth-order valence-electron chi connectivity index (χ4n) is 2.59. The number of benzene rings is 2. The zero-order chi connectivity index (χ0) is 13.2. The van der Waals surface area contributed by atoms with Crippen LogP contribution in [0, 0.1) is 19.8 Å². The molecule has 1 unspecified atom stereocenters. The highest BCUT2D eigenvalue weighted by atomic mass is 14.9. The maximum absolute atomic E-state index is 3.72. The molecular formula is C18H21N. The van der Waals surface area contributed by atoms with Crippen molar-refractivity contribution in [2.24, 2.45) is 5.92 Å². The van der Waals surface area contributed by atoms with Crippen LogP contribution in [0.2, 0.25) is 0 Å². The molecule has 0 bridgehead atoms. The van der Waals surface area contributed by atoms with Crippen molar-refractivity contribution in [3.63, 3.8) is 0 Å². The lowest BCUT2D eigenvalue weighted by atomic mass is 10.0. The summed E-state index contributed by atoms with van der Waals surface area (Å²) >= 11 is 0. The number of aryl methyl sites for hydroxylation is 2. The van der Waals surface area contributed by atoms with Crippen LogP contribution in [0.15, 0.2) is 48.5 Å². The maximum Gasteiger partial charge on any atom is 0.0542 e. The highest BCUT2D eigenvalue weighted by Crippen LogP contribution is 2.42. The lowest BCUT2D eigenvalue weighted by Gasteiger charge is -2.20. The van der Waals surface area contributed by atoms with Gasteiger partial charge >= 0.3 is 0 Å². The smallest absolute Gasteiger partial charge is 0.0542 e. The Hall–Kier alpha value is -1.76. The Morgan fingerprint density at radius 2 is 1.68 bits per heavy atom. The summed E-state index contributed by atoms with van der Waals surface area (Å²) in [4.78, 5) is 0. The topological polar surface area (TPSA) is 12.0 Å². The van der Waals surface area contributed by atoms with E-state index in [1.165, 1.54) is 35.2 Å². The zero-order valence-electron chi connectivity index (χ0n) is 11.7. The van der Waals surface area contributed by atoms with Crippen LogP contribution in [-0.4, -0.2) is 0 Å². The third-order valence-electron chi connectivity index (χ3n) is 3.87. The van der Waals surface area contributed by atoms with E-state index in [9.17, 15) is 0 Å². The molecule has 0 amide bonds. The average molecular weight is 251 g/mol. The quantitative estimate of drug-likeness (QED) is 0.817. The van der Waals surface area contributed by atoms with Gasteiger partial charge in [-0.25, -0.2) is 0 Å². The minimum atomic E-state index is 0.461. The van der Waals surface area contributed by atoms with Crippen molar-refractivity contribution in [1.82, 2.24) is 0 Å². The first-order valence-corrected chi connectivity index (χ1v) is 7.12. The average Bonchev–Trinajstić information content (AvgIpc) is 3.22. The highest BCUT2D eigenvalue weighted by Gasteiger charge is 2.32. The Morgan fingerprint density at radius 3 is 2.32 bits per heavy atom. The highest BCUT2D eigenvalue weighted by molar-refractivity contribution is 5.48. The number of nitrogens with one attached hydrogen (secondary N) is 1. The summed E-state index contributed by atoms with van der Waals surface area (Å²) in [5.74, 6) is 0.795. The molecule has 1 heteroatoms. The molecule has 0 saturated heterocycles. The van der Waals surface area contributed by atoms with Gasteiger partial charge in [0.1, 0.15) is 0 Å². The van der Waals surface area contributed by atoms with Crippen LogP contribution in [0.5, 0.6) is 0 Å². The molecular weight excluding hydrogens is 230 g/mol. The molecule has 98 valence electrons. The van der Waals surface area contributed by atoms with Gasteiger partial charge in [0.15, 0.2) is 0 Å². The maximum atomic E-state index is 3.72. The lowest BCUT2D eigenvalue weighted by Crippen LogP contribution is -2.12. The third-order valence-corrected chi connectivity index (χ3v) is 3.87. The van der Waals surface area contributed by atoms with Crippen LogP contribution in [-0.2, 0) is 0 Å². The SMILES string of the molecule is Cc1ccc(C(Nc2cccc(C)c2)C2CC2)cc1. The van der Waals surface area contributed by atoms with Crippen molar-refractivity contribution in [3.05, 3.63) is 65.2 Å². The van der Waals surface area contributed by atoms with Crippen LogP contribution in [0.3, 0.4) is 0 Å². The minimum Gasteiger partial charge on any atom is -0.378 e. The first-order valence-electron chi connectivity index (χ1n) is 7.12. The Labute approximate surface area is 115 Å². The fourth-order valence-corrected chi connectivity index (χ4v) is 2.59. The van der Waals surface area contributed by atoms with Gasteiger partial charge in [-0.3, -0.25) is 0 Å². The molecule has 1 saturated carbocycles. The van der Waals surface area contributed by atoms with Crippen LogP contribution >= 0.6 is 0 Å².